The Morgan fingerprint density at radius 1 is 1.00 bits per heavy atom. The molecular formula is C15H13BrN2. The third-order valence-corrected chi connectivity index (χ3v) is 3.28. The lowest BCUT2D eigenvalue weighted by Crippen LogP contribution is -1.92. The number of hydrogen-bond donors (Lipinski definition) is 1. The average molecular weight is 301 g/mol. The van der Waals surface area contributed by atoms with Gasteiger partial charge in [-0.3, -0.25) is 0 Å². The highest BCUT2D eigenvalue weighted by atomic mass is 79.9. The van der Waals surface area contributed by atoms with E-state index < -0.39 is 0 Å². The van der Waals surface area contributed by atoms with Crippen molar-refractivity contribution < 1.29 is 0 Å². The van der Waals surface area contributed by atoms with Crippen molar-refractivity contribution in [3.8, 4) is 6.07 Å². The van der Waals surface area contributed by atoms with Gasteiger partial charge in [-0.1, -0.05) is 22.0 Å². The predicted octanol–water partition coefficient (Wildman–Crippen LogP) is 4.68. The van der Waals surface area contributed by atoms with Crippen molar-refractivity contribution in [3.05, 3.63) is 57.6 Å². The molecule has 2 nitrogen and oxygen atoms in total. The molecule has 0 aliphatic rings. The third kappa shape index (κ3) is 2.91. The zero-order chi connectivity index (χ0) is 13.1. The Morgan fingerprint density at radius 2 is 1.78 bits per heavy atom. The second kappa shape index (κ2) is 5.24. The quantitative estimate of drug-likeness (QED) is 0.874. The van der Waals surface area contributed by atoms with E-state index in [1.54, 1.807) is 6.07 Å². The first-order chi connectivity index (χ1) is 8.58. The van der Waals surface area contributed by atoms with Crippen molar-refractivity contribution >= 4 is 27.3 Å². The van der Waals surface area contributed by atoms with Crippen LogP contribution in [-0.2, 0) is 0 Å². The number of nitriles is 1. The predicted molar refractivity (Wildman–Crippen MR) is 78.1 cm³/mol. The van der Waals surface area contributed by atoms with Gasteiger partial charge in [0.05, 0.1) is 11.6 Å². The number of anilines is 2. The van der Waals surface area contributed by atoms with Crippen LogP contribution in [0.2, 0.25) is 0 Å². The maximum atomic E-state index is 8.93. The standard InChI is InChI=1S/C15H13BrN2/c1-10-3-4-14(5-11(10)2)18-15-7-12(9-17)6-13(16)8-15/h3-8,18H,1-2H3. The molecule has 0 radical (unpaired) electrons. The summed E-state index contributed by atoms with van der Waals surface area (Å²) in [5, 5.41) is 12.2. The summed E-state index contributed by atoms with van der Waals surface area (Å²) in [6.45, 7) is 4.17. The van der Waals surface area contributed by atoms with Gasteiger partial charge in [-0.25, -0.2) is 0 Å². The van der Waals surface area contributed by atoms with Crippen LogP contribution in [0.3, 0.4) is 0 Å². The molecule has 2 rings (SSSR count). The molecule has 0 atom stereocenters. The first-order valence-electron chi connectivity index (χ1n) is 5.63. The normalized spacial score (nSPS) is 9.89. The molecule has 0 amide bonds. The van der Waals surface area contributed by atoms with Crippen LogP contribution < -0.4 is 5.32 Å². The molecule has 3 heteroatoms. The SMILES string of the molecule is Cc1ccc(Nc2cc(Br)cc(C#N)c2)cc1C. The minimum Gasteiger partial charge on any atom is -0.355 e. The highest BCUT2D eigenvalue weighted by Crippen LogP contribution is 2.24. The Labute approximate surface area is 115 Å². The van der Waals surface area contributed by atoms with Crippen LogP contribution >= 0.6 is 15.9 Å². The van der Waals surface area contributed by atoms with Gasteiger partial charge in [0, 0.05) is 15.8 Å². The summed E-state index contributed by atoms with van der Waals surface area (Å²) in [7, 11) is 0. The molecule has 1 N–H and O–H groups in total. The zero-order valence-electron chi connectivity index (χ0n) is 10.3. The van der Waals surface area contributed by atoms with Gasteiger partial charge in [0.2, 0.25) is 0 Å². The van der Waals surface area contributed by atoms with Gasteiger partial charge in [0.15, 0.2) is 0 Å². The van der Waals surface area contributed by atoms with E-state index in [9.17, 15) is 0 Å². The second-order valence-electron chi connectivity index (χ2n) is 4.26. The molecule has 0 fully saturated rings. The Hall–Kier alpha value is -1.79. The van der Waals surface area contributed by atoms with Gasteiger partial charge in [-0.15, -0.1) is 0 Å². The monoisotopic (exact) mass is 300 g/mol. The van der Waals surface area contributed by atoms with E-state index in [-0.39, 0.29) is 0 Å². The topological polar surface area (TPSA) is 35.8 Å². The summed E-state index contributed by atoms with van der Waals surface area (Å²) in [6, 6.07) is 13.9. The average Bonchev–Trinajstić information content (AvgIpc) is 2.33. The molecule has 0 bridgehead atoms. The van der Waals surface area contributed by atoms with Crippen molar-refractivity contribution in [1.82, 2.24) is 0 Å². The maximum Gasteiger partial charge on any atom is 0.0992 e. The fraction of sp³-hybridized carbons (Fsp3) is 0.133. The summed E-state index contributed by atoms with van der Waals surface area (Å²) in [6.07, 6.45) is 0. The number of rotatable bonds is 2. The molecule has 0 saturated heterocycles. The van der Waals surface area contributed by atoms with Gasteiger partial charge in [0.1, 0.15) is 0 Å². The van der Waals surface area contributed by atoms with E-state index in [0.717, 1.165) is 15.8 Å². The van der Waals surface area contributed by atoms with Crippen molar-refractivity contribution in [1.29, 1.82) is 5.26 Å². The number of halogens is 1. The summed E-state index contributed by atoms with van der Waals surface area (Å²) in [5.74, 6) is 0. The molecule has 90 valence electrons. The van der Waals surface area contributed by atoms with E-state index in [4.69, 9.17) is 5.26 Å². The number of nitrogens with one attached hydrogen (secondary N) is 1. The molecule has 0 aliphatic heterocycles. The van der Waals surface area contributed by atoms with Gasteiger partial charge >= 0.3 is 0 Å². The Bertz CT molecular complexity index is 627. The van der Waals surface area contributed by atoms with E-state index in [1.807, 2.05) is 18.2 Å². The molecule has 18 heavy (non-hydrogen) atoms. The molecule has 0 saturated carbocycles. The van der Waals surface area contributed by atoms with Crippen LogP contribution in [-0.4, -0.2) is 0 Å². The Morgan fingerprint density at radius 3 is 2.44 bits per heavy atom. The van der Waals surface area contributed by atoms with Gasteiger partial charge < -0.3 is 5.32 Å². The van der Waals surface area contributed by atoms with Crippen molar-refractivity contribution in [3.63, 3.8) is 0 Å². The molecule has 0 aliphatic carbocycles. The van der Waals surface area contributed by atoms with Crippen LogP contribution in [0.15, 0.2) is 40.9 Å². The minimum absolute atomic E-state index is 0.635. The Balaban J connectivity index is 2.31. The van der Waals surface area contributed by atoms with Crippen molar-refractivity contribution in [2.45, 2.75) is 13.8 Å². The fourth-order valence-corrected chi connectivity index (χ4v) is 2.21. The lowest BCUT2D eigenvalue weighted by atomic mass is 10.1. The van der Waals surface area contributed by atoms with Crippen LogP contribution in [0, 0.1) is 25.2 Å². The maximum absolute atomic E-state index is 8.93. The molecule has 0 heterocycles. The highest BCUT2D eigenvalue weighted by Gasteiger charge is 2.01. The Kier molecular flexibility index (Phi) is 3.69. The van der Waals surface area contributed by atoms with E-state index in [1.165, 1.54) is 11.1 Å². The summed E-state index contributed by atoms with van der Waals surface area (Å²) < 4.78 is 0.896. The molecule has 0 unspecified atom stereocenters. The van der Waals surface area contributed by atoms with E-state index in [2.05, 4.69) is 53.3 Å². The van der Waals surface area contributed by atoms with E-state index >= 15 is 0 Å². The largest absolute Gasteiger partial charge is 0.355 e. The van der Waals surface area contributed by atoms with Crippen LogP contribution in [0.25, 0.3) is 0 Å². The zero-order valence-corrected chi connectivity index (χ0v) is 11.9. The molecule has 0 spiro atoms. The number of nitrogens with zero attached hydrogens (tertiary/aromatic N) is 1. The van der Waals surface area contributed by atoms with Gasteiger partial charge in [-0.05, 0) is 55.3 Å². The lowest BCUT2D eigenvalue weighted by molar-refractivity contribution is 1.33. The number of hydrogen-bond acceptors (Lipinski definition) is 2. The summed E-state index contributed by atoms with van der Waals surface area (Å²) >= 11 is 3.40. The van der Waals surface area contributed by atoms with Gasteiger partial charge in [-0.2, -0.15) is 5.26 Å². The minimum atomic E-state index is 0.635. The van der Waals surface area contributed by atoms with Crippen LogP contribution in [0.5, 0.6) is 0 Å². The van der Waals surface area contributed by atoms with E-state index in [0.29, 0.717) is 5.56 Å². The number of benzene rings is 2. The smallest absolute Gasteiger partial charge is 0.0992 e. The lowest BCUT2D eigenvalue weighted by Gasteiger charge is -2.09. The third-order valence-electron chi connectivity index (χ3n) is 2.82. The molecule has 2 aromatic carbocycles. The molecule has 0 aromatic heterocycles. The highest BCUT2D eigenvalue weighted by molar-refractivity contribution is 9.10. The first-order valence-corrected chi connectivity index (χ1v) is 6.43. The van der Waals surface area contributed by atoms with Crippen molar-refractivity contribution in [2.75, 3.05) is 5.32 Å². The van der Waals surface area contributed by atoms with Crippen LogP contribution in [0.1, 0.15) is 16.7 Å². The van der Waals surface area contributed by atoms with Crippen LogP contribution in [0.4, 0.5) is 11.4 Å². The summed E-state index contributed by atoms with van der Waals surface area (Å²) in [4.78, 5) is 0. The fourth-order valence-electron chi connectivity index (χ4n) is 1.71. The van der Waals surface area contributed by atoms with Crippen molar-refractivity contribution in [2.24, 2.45) is 0 Å². The summed E-state index contributed by atoms with van der Waals surface area (Å²) in [5.41, 5.74) is 5.09. The van der Waals surface area contributed by atoms with Gasteiger partial charge in [0.25, 0.3) is 0 Å². The number of aryl methyl sites for hydroxylation is 2. The second-order valence-corrected chi connectivity index (χ2v) is 5.18. The molecule has 2 aromatic rings. The first kappa shape index (κ1) is 12.7. The molecular weight excluding hydrogens is 288 g/mol.